The van der Waals surface area contributed by atoms with Gasteiger partial charge in [-0.1, -0.05) is 83.6 Å². The number of nitrogens with one attached hydrogen (secondary N) is 1. The van der Waals surface area contributed by atoms with E-state index in [4.69, 9.17) is 23.8 Å². The van der Waals surface area contributed by atoms with E-state index in [2.05, 4.69) is 41.5 Å². The van der Waals surface area contributed by atoms with Gasteiger partial charge in [0.15, 0.2) is 5.13 Å². The third-order valence-corrected chi connectivity index (χ3v) is 7.56. The lowest BCUT2D eigenvalue weighted by molar-refractivity contribution is -0.122. The van der Waals surface area contributed by atoms with E-state index in [1.807, 2.05) is 18.2 Å². The molecule has 3 aromatic rings. The summed E-state index contributed by atoms with van der Waals surface area (Å²) in [5.74, 6) is -0.428. The fourth-order valence-corrected chi connectivity index (χ4v) is 5.53. The number of thiazole rings is 1. The molecule has 1 saturated heterocycles. The van der Waals surface area contributed by atoms with Crippen molar-refractivity contribution in [1.82, 2.24) is 9.88 Å². The third kappa shape index (κ3) is 6.09. The molecule has 0 unspecified atom stereocenters. The first-order valence-electron chi connectivity index (χ1n) is 10.2. The Balaban J connectivity index is 1.31. The van der Waals surface area contributed by atoms with Gasteiger partial charge in [-0.3, -0.25) is 14.5 Å². The van der Waals surface area contributed by atoms with Crippen LogP contribution in [0.5, 0.6) is 0 Å². The maximum atomic E-state index is 12.8. The highest BCUT2D eigenvalue weighted by atomic mass is 35.5. The molecule has 168 valence electrons. The number of amides is 2. The van der Waals surface area contributed by atoms with Gasteiger partial charge in [-0.2, -0.15) is 0 Å². The van der Waals surface area contributed by atoms with Crippen molar-refractivity contribution in [2.75, 3.05) is 11.9 Å². The molecule has 0 aliphatic carbocycles. The summed E-state index contributed by atoms with van der Waals surface area (Å²) in [7, 11) is 0. The van der Waals surface area contributed by atoms with Crippen LogP contribution in [0, 0.1) is 6.92 Å². The van der Waals surface area contributed by atoms with E-state index >= 15 is 0 Å². The number of thioether (sulfide) groups is 1. The van der Waals surface area contributed by atoms with E-state index in [1.54, 1.807) is 18.3 Å². The lowest BCUT2D eigenvalue weighted by atomic mass is 10.1. The Bertz CT molecular complexity index is 1240. The Morgan fingerprint density at radius 1 is 1.21 bits per heavy atom. The standard InChI is InChI=1S/C24H20ClN3O2S3/c1-15-6-8-16(9-7-15)12-18-14-26-23(32-18)27-21(29)10-11-28-22(30)20(33-24(28)31)13-17-4-2-3-5-19(17)25/h2-9,13-14H,10-12H2,1H3,(H,26,27,29)/b20-13-. The molecule has 0 saturated carbocycles. The predicted octanol–water partition coefficient (Wildman–Crippen LogP) is 5.93. The number of carbonyl (C=O) groups is 2. The summed E-state index contributed by atoms with van der Waals surface area (Å²) in [5, 5.41) is 3.93. The van der Waals surface area contributed by atoms with Crippen molar-refractivity contribution in [1.29, 1.82) is 0 Å². The van der Waals surface area contributed by atoms with Gasteiger partial charge in [-0.15, -0.1) is 11.3 Å². The number of aryl methyl sites for hydroxylation is 1. The van der Waals surface area contributed by atoms with Gasteiger partial charge in [-0.25, -0.2) is 4.98 Å². The van der Waals surface area contributed by atoms with Crippen molar-refractivity contribution >= 4 is 74.3 Å². The average Bonchev–Trinajstić information content (AvgIpc) is 3.33. The number of rotatable bonds is 7. The first-order chi connectivity index (χ1) is 15.9. The second-order valence-corrected chi connectivity index (χ2v) is 10.6. The highest BCUT2D eigenvalue weighted by Crippen LogP contribution is 2.33. The molecule has 0 atom stereocenters. The van der Waals surface area contributed by atoms with Crippen LogP contribution in [-0.4, -0.2) is 32.6 Å². The van der Waals surface area contributed by atoms with E-state index in [-0.39, 0.29) is 24.8 Å². The Hall–Kier alpha value is -2.52. The molecule has 1 aliphatic rings. The summed E-state index contributed by atoms with van der Waals surface area (Å²) in [6, 6.07) is 15.6. The van der Waals surface area contributed by atoms with Gasteiger partial charge in [0.05, 0.1) is 4.91 Å². The van der Waals surface area contributed by atoms with Gasteiger partial charge in [-0.05, 0) is 30.2 Å². The highest BCUT2D eigenvalue weighted by molar-refractivity contribution is 8.26. The fourth-order valence-electron chi connectivity index (χ4n) is 3.18. The van der Waals surface area contributed by atoms with Gasteiger partial charge < -0.3 is 5.32 Å². The molecule has 2 aromatic carbocycles. The molecule has 1 aliphatic heterocycles. The molecule has 9 heteroatoms. The minimum Gasteiger partial charge on any atom is -0.302 e. The fraction of sp³-hybridized carbons (Fsp3) is 0.167. The van der Waals surface area contributed by atoms with Gasteiger partial charge in [0.25, 0.3) is 5.91 Å². The Morgan fingerprint density at radius 2 is 1.97 bits per heavy atom. The molecular weight excluding hydrogens is 494 g/mol. The molecule has 0 spiro atoms. The van der Waals surface area contributed by atoms with Crippen LogP contribution in [-0.2, 0) is 16.0 Å². The first-order valence-corrected chi connectivity index (χ1v) is 12.6. The minimum absolute atomic E-state index is 0.124. The minimum atomic E-state index is -0.215. The normalized spacial score (nSPS) is 14.8. The lowest BCUT2D eigenvalue weighted by Crippen LogP contribution is -2.31. The maximum absolute atomic E-state index is 12.8. The SMILES string of the molecule is Cc1ccc(Cc2cnc(NC(=O)CCN3C(=O)/C(=C/c4ccccc4Cl)SC3=S)s2)cc1. The number of hydrogen-bond donors (Lipinski definition) is 1. The largest absolute Gasteiger partial charge is 0.302 e. The second-order valence-electron chi connectivity index (χ2n) is 7.45. The lowest BCUT2D eigenvalue weighted by Gasteiger charge is -2.13. The van der Waals surface area contributed by atoms with Crippen molar-refractivity contribution < 1.29 is 9.59 Å². The highest BCUT2D eigenvalue weighted by Gasteiger charge is 2.32. The summed E-state index contributed by atoms with van der Waals surface area (Å²) < 4.78 is 0.431. The van der Waals surface area contributed by atoms with Crippen molar-refractivity contribution in [2.45, 2.75) is 19.8 Å². The van der Waals surface area contributed by atoms with Gasteiger partial charge >= 0.3 is 0 Å². The monoisotopic (exact) mass is 513 g/mol. The van der Waals surface area contributed by atoms with E-state index in [0.717, 1.165) is 16.9 Å². The summed E-state index contributed by atoms with van der Waals surface area (Å²) >= 11 is 14.2. The Morgan fingerprint density at radius 3 is 2.73 bits per heavy atom. The van der Waals surface area contributed by atoms with E-state index in [9.17, 15) is 9.59 Å². The van der Waals surface area contributed by atoms with Crippen LogP contribution in [0.15, 0.2) is 59.6 Å². The second kappa shape index (κ2) is 10.6. The van der Waals surface area contributed by atoms with Crippen LogP contribution in [0.2, 0.25) is 5.02 Å². The number of benzene rings is 2. The summed E-state index contributed by atoms with van der Waals surface area (Å²) in [4.78, 5) is 32.5. The first kappa shape index (κ1) is 23.6. The molecule has 0 radical (unpaired) electrons. The van der Waals surface area contributed by atoms with Gasteiger partial charge in [0, 0.05) is 35.5 Å². The van der Waals surface area contributed by atoms with Gasteiger partial charge in [0.2, 0.25) is 5.91 Å². The number of nitrogens with zero attached hydrogens (tertiary/aromatic N) is 2. The molecule has 2 heterocycles. The van der Waals surface area contributed by atoms with Crippen LogP contribution in [0.3, 0.4) is 0 Å². The van der Waals surface area contributed by atoms with E-state index in [0.29, 0.717) is 19.4 Å². The Kier molecular flexibility index (Phi) is 7.60. The molecule has 0 bridgehead atoms. The van der Waals surface area contributed by atoms with Crippen LogP contribution >= 0.6 is 46.9 Å². The van der Waals surface area contributed by atoms with Crippen LogP contribution < -0.4 is 5.32 Å². The summed E-state index contributed by atoms with van der Waals surface area (Å²) in [6.07, 6.45) is 4.40. The molecular formula is C24H20ClN3O2S3. The summed E-state index contributed by atoms with van der Waals surface area (Å²) in [5.41, 5.74) is 3.17. The zero-order valence-corrected chi connectivity index (χ0v) is 20.9. The zero-order chi connectivity index (χ0) is 23.4. The number of hydrogen-bond acceptors (Lipinski definition) is 6. The third-order valence-electron chi connectivity index (χ3n) is 4.93. The number of halogens is 1. The van der Waals surface area contributed by atoms with E-state index < -0.39 is 0 Å². The summed E-state index contributed by atoms with van der Waals surface area (Å²) in [6.45, 7) is 2.26. The van der Waals surface area contributed by atoms with Crippen molar-refractivity contribution in [2.24, 2.45) is 0 Å². The van der Waals surface area contributed by atoms with Crippen LogP contribution in [0.4, 0.5) is 5.13 Å². The maximum Gasteiger partial charge on any atom is 0.266 e. The Labute approximate surface area is 210 Å². The topological polar surface area (TPSA) is 62.3 Å². The molecule has 1 aromatic heterocycles. The molecule has 4 rings (SSSR count). The molecule has 2 amide bonds. The number of thiocarbonyl (C=S) groups is 1. The smallest absolute Gasteiger partial charge is 0.266 e. The van der Waals surface area contributed by atoms with Crippen molar-refractivity contribution in [3.63, 3.8) is 0 Å². The number of aromatic nitrogens is 1. The average molecular weight is 514 g/mol. The molecule has 1 N–H and O–H groups in total. The molecule has 5 nitrogen and oxygen atoms in total. The molecule has 1 fully saturated rings. The zero-order valence-electron chi connectivity index (χ0n) is 17.7. The van der Waals surface area contributed by atoms with E-state index in [1.165, 1.54) is 39.1 Å². The quantitative estimate of drug-likeness (QED) is 0.313. The van der Waals surface area contributed by atoms with Gasteiger partial charge in [0.1, 0.15) is 4.32 Å². The predicted molar refractivity (Wildman–Crippen MR) is 141 cm³/mol. The number of carbonyl (C=O) groups excluding carboxylic acids is 2. The van der Waals surface area contributed by atoms with Crippen LogP contribution in [0.1, 0.15) is 28.0 Å². The molecule has 33 heavy (non-hydrogen) atoms. The van der Waals surface area contributed by atoms with Crippen molar-refractivity contribution in [3.05, 3.63) is 86.2 Å². The van der Waals surface area contributed by atoms with Crippen molar-refractivity contribution in [3.8, 4) is 0 Å². The van der Waals surface area contributed by atoms with Crippen LogP contribution in [0.25, 0.3) is 6.08 Å². The number of anilines is 1.